The van der Waals surface area contributed by atoms with Crippen LogP contribution in [0.5, 0.6) is 0 Å². The van der Waals surface area contributed by atoms with Gasteiger partial charge < -0.3 is 10.6 Å². The fourth-order valence-electron chi connectivity index (χ4n) is 2.67. The van der Waals surface area contributed by atoms with Crippen LogP contribution in [-0.2, 0) is 0 Å². The van der Waals surface area contributed by atoms with E-state index >= 15 is 0 Å². The molecule has 1 aromatic heterocycles. The summed E-state index contributed by atoms with van der Waals surface area (Å²) in [5.74, 6) is -0.882. The normalized spacial score (nSPS) is 14.8. The number of hydrogen-bond donors (Lipinski definition) is 2. The molecule has 0 atom stereocenters. The van der Waals surface area contributed by atoms with Crippen LogP contribution < -0.4 is 10.6 Å². The molecule has 4 nitrogen and oxygen atoms in total. The van der Waals surface area contributed by atoms with Crippen LogP contribution in [-0.4, -0.2) is 16.9 Å². The standard InChI is InChI=1S/C17H18FN3O/c18-14-7-3-4-8-15(14)21-17(22)16-10-9-13(11-19-16)20-12-5-1-2-6-12/h3-4,7-12,20H,1-2,5-6H2,(H,21,22). The van der Waals surface area contributed by atoms with Gasteiger partial charge in [-0.15, -0.1) is 0 Å². The lowest BCUT2D eigenvalue weighted by Gasteiger charge is -2.13. The van der Waals surface area contributed by atoms with E-state index in [1.54, 1.807) is 24.4 Å². The van der Waals surface area contributed by atoms with Crippen LogP contribution in [0.3, 0.4) is 0 Å². The Hall–Kier alpha value is -2.43. The first-order valence-electron chi connectivity index (χ1n) is 7.51. The quantitative estimate of drug-likeness (QED) is 0.902. The van der Waals surface area contributed by atoms with Crippen LogP contribution in [0.15, 0.2) is 42.6 Å². The Morgan fingerprint density at radius 3 is 2.59 bits per heavy atom. The SMILES string of the molecule is O=C(Nc1ccccc1F)c1ccc(NC2CCCC2)cn1. The van der Waals surface area contributed by atoms with Gasteiger partial charge in [-0.2, -0.15) is 0 Å². The van der Waals surface area contributed by atoms with E-state index in [-0.39, 0.29) is 11.4 Å². The number of pyridine rings is 1. The molecule has 3 rings (SSSR count). The van der Waals surface area contributed by atoms with Gasteiger partial charge in [0.2, 0.25) is 0 Å². The number of carbonyl (C=O) groups is 1. The minimum absolute atomic E-state index is 0.155. The Balaban J connectivity index is 1.64. The first kappa shape index (κ1) is 14.5. The van der Waals surface area contributed by atoms with Crippen LogP contribution in [0, 0.1) is 5.82 Å². The maximum atomic E-state index is 13.5. The van der Waals surface area contributed by atoms with Crippen molar-refractivity contribution in [1.82, 2.24) is 4.98 Å². The van der Waals surface area contributed by atoms with Crippen molar-refractivity contribution < 1.29 is 9.18 Å². The molecule has 0 bridgehead atoms. The lowest BCUT2D eigenvalue weighted by molar-refractivity contribution is 0.102. The predicted molar refractivity (Wildman–Crippen MR) is 84.5 cm³/mol. The van der Waals surface area contributed by atoms with Crippen LogP contribution >= 0.6 is 0 Å². The summed E-state index contributed by atoms with van der Waals surface area (Å²) in [5.41, 5.74) is 1.33. The van der Waals surface area contributed by atoms with Crippen molar-refractivity contribution in [2.24, 2.45) is 0 Å². The second-order valence-electron chi connectivity index (χ2n) is 5.49. The molecule has 0 aliphatic heterocycles. The van der Waals surface area contributed by atoms with Crippen LogP contribution in [0.1, 0.15) is 36.2 Å². The molecule has 5 heteroatoms. The van der Waals surface area contributed by atoms with Crippen molar-refractivity contribution in [3.05, 3.63) is 54.1 Å². The predicted octanol–water partition coefficient (Wildman–Crippen LogP) is 3.83. The van der Waals surface area contributed by atoms with Gasteiger partial charge in [0.05, 0.1) is 17.6 Å². The van der Waals surface area contributed by atoms with Gasteiger partial charge in [-0.05, 0) is 37.1 Å². The molecular formula is C17H18FN3O. The van der Waals surface area contributed by atoms with Gasteiger partial charge in [0, 0.05) is 6.04 Å². The van der Waals surface area contributed by atoms with Crippen LogP contribution in [0.4, 0.5) is 15.8 Å². The van der Waals surface area contributed by atoms with Gasteiger partial charge in [-0.25, -0.2) is 9.37 Å². The van der Waals surface area contributed by atoms with Crippen molar-refractivity contribution in [2.75, 3.05) is 10.6 Å². The minimum atomic E-state index is -0.463. The van der Waals surface area contributed by atoms with Crippen molar-refractivity contribution in [2.45, 2.75) is 31.7 Å². The van der Waals surface area contributed by atoms with Gasteiger partial charge in [-0.3, -0.25) is 4.79 Å². The lowest BCUT2D eigenvalue weighted by Crippen LogP contribution is -2.16. The number of rotatable bonds is 4. The summed E-state index contributed by atoms with van der Waals surface area (Å²) in [7, 11) is 0. The third-order valence-electron chi connectivity index (χ3n) is 3.84. The van der Waals surface area contributed by atoms with Crippen LogP contribution in [0.2, 0.25) is 0 Å². The van der Waals surface area contributed by atoms with E-state index in [0.29, 0.717) is 6.04 Å². The maximum absolute atomic E-state index is 13.5. The maximum Gasteiger partial charge on any atom is 0.274 e. The summed E-state index contributed by atoms with van der Waals surface area (Å²) >= 11 is 0. The molecule has 1 saturated carbocycles. The van der Waals surface area contributed by atoms with Crippen molar-refractivity contribution in [3.63, 3.8) is 0 Å². The number of para-hydroxylation sites is 1. The van der Waals surface area contributed by atoms with Crippen molar-refractivity contribution >= 4 is 17.3 Å². The summed E-state index contributed by atoms with van der Waals surface area (Å²) in [5, 5.41) is 5.93. The van der Waals surface area contributed by atoms with Gasteiger partial charge in [0.15, 0.2) is 0 Å². The van der Waals surface area contributed by atoms with Gasteiger partial charge in [0.1, 0.15) is 11.5 Å². The zero-order valence-corrected chi connectivity index (χ0v) is 12.2. The molecule has 22 heavy (non-hydrogen) atoms. The van der Waals surface area contributed by atoms with Crippen molar-refractivity contribution in [3.8, 4) is 0 Å². The van der Waals surface area contributed by atoms with Crippen molar-refractivity contribution in [1.29, 1.82) is 0 Å². The number of aromatic nitrogens is 1. The summed E-state index contributed by atoms with van der Waals surface area (Å²) < 4.78 is 13.5. The second-order valence-corrected chi connectivity index (χ2v) is 5.49. The van der Waals surface area contributed by atoms with E-state index in [1.165, 1.54) is 37.8 Å². The number of hydrogen-bond acceptors (Lipinski definition) is 3. The minimum Gasteiger partial charge on any atom is -0.381 e. The first-order chi connectivity index (χ1) is 10.7. The van der Waals surface area contributed by atoms with Crippen LogP contribution in [0.25, 0.3) is 0 Å². The molecule has 114 valence electrons. The largest absolute Gasteiger partial charge is 0.381 e. The van der Waals surface area contributed by atoms with Gasteiger partial charge >= 0.3 is 0 Å². The second kappa shape index (κ2) is 6.56. The molecule has 1 aliphatic carbocycles. The Kier molecular flexibility index (Phi) is 4.32. The molecule has 1 aromatic carbocycles. The number of carbonyl (C=O) groups excluding carboxylic acids is 1. The molecule has 0 unspecified atom stereocenters. The molecular weight excluding hydrogens is 281 g/mol. The van der Waals surface area contributed by atoms with E-state index in [4.69, 9.17) is 0 Å². The number of benzene rings is 1. The molecule has 1 heterocycles. The van der Waals surface area contributed by atoms with Gasteiger partial charge in [-0.1, -0.05) is 25.0 Å². The van der Waals surface area contributed by atoms with E-state index in [0.717, 1.165) is 5.69 Å². The Bertz CT molecular complexity index is 651. The van der Waals surface area contributed by atoms with E-state index < -0.39 is 11.7 Å². The van der Waals surface area contributed by atoms with E-state index in [2.05, 4.69) is 15.6 Å². The number of halogens is 1. The highest BCUT2D eigenvalue weighted by Gasteiger charge is 2.15. The molecule has 0 radical (unpaired) electrons. The third kappa shape index (κ3) is 3.42. The van der Waals surface area contributed by atoms with Gasteiger partial charge in [0.25, 0.3) is 5.91 Å². The number of nitrogens with one attached hydrogen (secondary N) is 2. The average Bonchev–Trinajstić information content (AvgIpc) is 3.03. The highest BCUT2D eigenvalue weighted by molar-refractivity contribution is 6.03. The smallest absolute Gasteiger partial charge is 0.274 e. The summed E-state index contributed by atoms with van der Waals surface area (Å²) in [6.45, 7) is 0. The Morgan fingerprint density at radius 1 is 1.14 bits per heavy atom. The lowest BCUT2D eigenvalue weighted by atomic mass is 10.2. The molecule has 1 amide bonds. The topological polar surface area (TPSA) is 54.0 Å². The van der Waals surface area contributed by atoms with E-state index in [1.807, 2.05) is 6.07 Å². The molecule has 1 fully saturated rings. The Labute approximate surface area is 128 Å². The molecule has 0 spiro atoms. The number of anilines is 2. The zero-order valence-electron chi connectivity index (χ0n) is 12.2. The molecule has 0 saturated heterocycles. The summed E-state index contributed by atoms with van der Waals surface area (Å²) in [6.07, 6.45) is 6.52. The van der Waals surface area contributed by atoms with E-state index in [9.17, 15) is 9.18 Å². The molecule has 1 aliphatic rings. The third-order valence-corrected chi connectivity index (χ3v) is 3.84. The number of nitrogens with zero attached hydrogens (tertiary/aromatic N) is 1. The zero-order chi connectivity index (χ0) is 15.4. The monoisotopic (exact) mass is 299 g/mol. The first-order valence-corrected chi connectivity index (χ1v) is 7.51. The molecule has 2 N–H and O–H groups in total. The summed E-state index contributed by atoms with van der Waals surface area (Å²) in [4.78, 5) is 16.2. The fourth-order valence-corrected chi connectivity index (χ4v) is 2.67. The highest BCUT2D eigenvalue weighted by Crippen LogP contribution is 2.22. The highest BCUT2D eigenvalue weighted by atomic mass is 19.1. The summed E-state index contributed by atoms with van der Waals surface area (Å²) in [6, 6.07) is 10.0. The molecule has 2 aromatic rings. The Morgan fingerprint density at radius 2 is 1.91 bits per heavy atom. The number of amides is 1. The fraction of sp³-hybridized carbons (Fsp3) is 0.294. The average molecular weight is 299 g/mol.